The summed E-state index contributed by atoms with van der Waals surface area (Å²) < 4.78 is 0. The zero-order valence-electron chi connectivity index (χ0n) is 11.1. The van der Waals surface area contributed by atoms with Gasteiger partial charge < -0.3 is 0 Å². The molecule has 0 aliphatic rings. The highest BCUT2D eigenvalue weighted by atomic mass is 14.1. The van der Waals surface area contributed by atoms with E-state index in [-0.39, 0.29) is 0 Å². The molecule has 0 aliphatic carbocycles. The summed E-state index contributed by atoms with van der Waals surface area (Å²) in [5.41, 5.74) is 4.04. The van der Waals surface area contributed by atoms with Crippen LogP contribution in [0.3, 0.4) is 0 Å². The van der Waals surface area contributed by atoms with Crippen LogP contribution in [0.25, 0.3) is 6.08 Å². The molecule has 1 atom stereocenters. The van der Waals surface area contributed by atoms with Gasteiger partial charge >= 0.3 is 0 Å². The van der Waals surface area contributed by atoms with E-state index in [9.17, 15) is 0 Å². The fraction of sp³-hybridized carbons (Fsp3) is 0.222. The van der Waals surface area contributed by atoms with Crippen molar-refractivity contribution in [1.82, 2.24) is 0 Å². The summed E-state index contributed by atoms with van der Waals surface area (Å²) in [5.74, 6) is 0.505. The topological polar surface area (TPSA) is 0 Å². The van der Waals surface area contributed by atoms with E-state index in [1.165, 1.54) is 16.7 Å². The highest BCUT2D eigenvalue weighted by molar-refractivity contribution is 5.54. The molecule has 2 aromatic carbocycles. The van der Waals surface area contributed by atoms with Gasteiger partial charge in [0, 0.05) is 5.92 Å². The molecule has 0 amide bonds. The smallest absolute Gasteiger partial charge is 0.00186 e. The minimum Gasteiger partial charge on any atom is -0.0764 e. The maximum Gasteiger partial charge on any atom is 0.00186 e. The Balaban J connectivity index is 2.19. The Kier molecular flexibility index (Phi) is 4.35. The number of allylic oxidation sites excluding steroid dienone is 1. The quantitative estimate of drug-likeness (QED) is 0.684. The van der Waals surface area contributed by atoms with Crippen molar-refractivity contribution in [2.24, 2.45) is 0 Å². The minimum atomic E-state index is 0.505. The second-order valence-electron chi connectivity index (χ2n) is 4.64. The van der Waals surface area contributed by atoms with Crippen molar-refractivity contribution < 1.29 is 0 Å². The van der Waals surface area contributed by atoms with Crippen molar-refractivity contribution in [2.45, 2.75) is 26.2 Å². The normalized spacial score (nSPS) is 12.8. The highest BCUT2D eigenvalue weighted by Gasteiger charge is 2.04. The maximum atomic E-state index is 2.32. The fourth-order valence-corrected chi connectivity index (χ4v) is 2.18. The molecular weight excluding hydrogens is 216 g/mol. The molecular formula is C18H20. The predicted octanol–water partition coefficient (Wildman–Crippen LogP) is 5.20. The minimum absolute atomic E-state index is 0.505. The third-order valence-corrected chi connectivity index (χ3v) is 3.36. The molecule has 0 saturated heterocycles. The molecule has 0 saturated carbocycles. The highest BCUT2D eigenvalue weighted by Crippen LogP contribution is 2.22. The molecule has 0 nitrogen and oxygen atoms in total. The summed E-state index contributed by atoms with van der Waals surface area (Å²) in [4.78, 5) is 0. The second-order valence-corrected chi connectivity index (χ2v) is 4.64. The molecule has 18 heavy (non-hydrogen) atoms. The van der Waals surface area contributed by atoms with Gasteiger partial charge in [-0.25, -0.2) is 0 Å². The first-order valence-electron chi connectivity index (χ1n) is 6.60. The van der Waals surface area contributed by atoms with Crippen molar-refractivity contribution >= 4 is 6.08 Å². The molecule has 0 heteroatoms. The van der Waals surface area contributed by atoms with Crippen LogP contribution in [0.1, 0.15) is 36.0 Å². The lowest BCUT2D eigenvalue weighted by Gasteiger charge is -2.10. The van der Waals surface area contributed by atoms with Crippen LogP contribution in [0.5, 0.6) is 0 Å². The van der Waals surface area contributed by atoms with Crippen molar-refractivity contribution in [3.05, 3.63) is 77.4 Å². The van der Waals surface area contributed by atoms with Crippen LogP contribution < -0.4 is 0 Å². The maximum absolute atomic E-state index is 2.32. The Morgan fingerprint density at radius 1 is 0.944 bits per heavy atom. The molecule has 1 unspecified atom stereocenters. The number of rotatable bonds is 4. The Bertz CT molecular complexity index is 509. The van der Waals surface area contributed by atoms with Gasteiger partial charge in [-0.1, -0.05) is 73.7 Å². The summed E-state index contributed by atoms with van der Waals surface area (Å²) >= 11 is 0. The lowest BCUT2D eigenvalue weighted by Crippen LogP contribution is -1.92. The van der Waals surface area contributed by atoms with E-state index in [0.717, 1.165) is 6.42 Å². The Morgan fingerprint density at radius 3 is 2.28 bits per heavy atom. The molecule has 0 bridgehead atoms. The van der Waals surface area contributed by atoms with Gasteiger partial charge in [0.25, 0.3) is 0 Å². The Hall–Kier alpha value is -1.82. The van der Waals surface area contributed by atoms with Gasteiger partial charge in [-0.2, -0.15) is 0 Å². The van der Waals surface area contributed by atoms with Crippen molar-refractivity contribution in [3.63, 3.8) is 0 Å². The summed E-state index contributed by atoms with van der Waals surface area (Å²) in [7, 11) is 0. The molecule has 2 rings (SSSR count). The average molecular weight is 236 g/mol. The second kappa shape index (κ2) is 6.20. The van der Waals surface area contributed by atoms with Gasteiger partial charge in [-0.3, -0.25) is 0 Å². The predicted molar refractivity (Wildman–Crippen MR) is 79.7 cm³/mol. The van der Waals surface area contributed by atoms with Crippen molar-refractivity contribution in [1.29, 1.82) is 0 Å². The van der Waals surface area contributed by atoms with Crippen LogP contribution in [0.15, 0.2) is 60.7 Å². The Morgan fingerprint density at radius 2 is 1.61 bits per heavy atom. The third-order valence-electron chi connectivity index (χ3n) is 3.36. The van der Waals surface area contributed by atoms with E-state index in [0.29, 0.717) is 5.92 Å². The van der Waals surface area contributed by atoms with Gasteiger partial charge in [0.2, 0.25) is 0 Å². The zero-order valence-corrected chi connectivity index (χ0v) is 11.1. The molecule has 0 aromatic heterocycles. The van der Waals surface area contributed by atoms with Crippen LogP contribution in [0.4, 0.5) is 0 Å². The molecule has 0 N–H and O–H groups in total. The van der Waals surface area contributed by atoms with Crippen molar-refractivity contribution in [2.75, 3.05) is 0 Å². The van der Waals surface area contributed by atoms with E-state index in [4.69, 9.17) is 0 Å². The summed E-state index contributed by atoms with van der Waals surface area (Å²) in [6.45, 7) is 4.39. The fourth-order valence-electron chi connectivity index (χ4n) is 2.18. The molecule has 0 heterocycles. The van der Waals surface area contributed by atoms with Crippen LogP contribution in [0, 0.1) is 6.92 Å². The van der Waals surface area contributed by atoms with Crippen LogP contribution in [-0.4, -0.2) is 0 Å². The summed E-state index contributed by atoms with van der Waals surface area (Å²) in [6, 6.07) is 19.2. The van der Waals surface area contributed by atoms with Gasteiger partial charge in [0.05, 0.1) is 0 Å². The molecule has 0 fully saturated rings. The SMILES string of the molecule is CCC(C=Cc1ccccc1C)c1ccccc1. The number of hydrogen-bond acceptors (Lipinski definition) is 0. The van der Waals surface area contributed by atoms with Crippen LogP contribution in [0.2, 0.25) is 0 Å². The van der Waals surface area contributed by atoms with Gasteiger partial charge in [-0.15, -0.1) is 0 Å². The number of benzene rings is 2. The van der Waals surface area contributed by atoms with Gasteiger partial charge in [-0.05, 0) is 30.0 Å². The monoisotopic (exact) mass is 236 g/mol. The first kappa shape index (κ1) is 12.6. The van der Waals surface area contributed by atoms with E-state index < -0.39 is 0 Å². The summed E-state index contributed by atoms with van der Waals surface area (Å²) in [5, 5.41) is 0. The first-order valence-corrected chi connectivity index (χ1v) is 6.60. The van der Waals surface area contributed by atoms with Crippen LogP contribution >= 0.6 is 0 Å². The Labute approximate surface area is 110 Å². The van der Waals surface area contributed by atoms with Crippen molar-refractivity contribution in [3.8, 4) is 0 Å². The number of hydrogen-bond donors (Lipinski definition) is 0. The van der Waals surface area contributed by atoms with E-state index in [2.05, 4.69) is 80.6 Å². The van der Waals surface area contributed by atoms with Gasteiger partial charge in [0.15, 0.2) is 0 Å². The van der Waals surface area contributed by atoms with E-state index >= 15 is 0 Å². The molecule has 92 valence electrons. The average Bonchev–Trinajstić information content (AvgIpc) is 2.42. The largest absolute Gasteiger partial charge is 0.0764 e. The van der Waals surface area contributed by atoms with Crippen LogP contribution in [-0.2, 0) is 0 Å². The summed E-state index contributed by atoms with van der Waals surface area (Å²) in [6.07, 6.45) is 5.70. The van der Waals surface area contributed by atoms with E-state index in [1.54, 1.807) is 0 Å². The first-order chi connectivity index (χ1) is 8.81. The van der Waals surface area contributed by atoms with E-state index in [1.807, 2.05) is 0 Å². The molecule has 2 aromatic rings. The zero-order chi connectivity index (χ0) is 12.8. The molecule has 0 radical (unpaired) electrons. The standard InChI is InChI=1S/C18H20/c1-3-16(18-11-5-4-6-12-18)13-14-17-10-8-7-9-15(17)2/h4-14,16H,3H2,1-2H3. The molecule has 0 spiro atoms. The molecule has 0 aliphatic heterocycles. The lowest BCUT2D eigenvalue weighted by atomic mass is 9.95. The lowest BCUT2D eigenvalue weighted by molar-refractivity contribution is 0.808. The number of aryl methyl sites for hydroxylation is 1. The van der Waals surface area contributed by atoms with Gasteiger partial charge in [0.1, 0.15) is 0 Å². The third kappa shape index (κ3) is 3.10.